The van der Waals surface area contributed by atoms with Crippen LogP contribution in [0.2, 0.25) is 0 Å². The second-order valence-corrected chi connectivity index (χ2v) is 3.95. The van der Waals surface area contributed by atoms with Gasteiger partial charge in [0.15, 0.2) is 0 Å². The first-order valence-corrected chi connectivity index (χ1v) is 4.88. The van der Waals surface area contributed by atoms with E-state index in [1.807, 2.05) is 6.20 Å². The molecule has 1 aromatic heterocycles. The van der Waals surface area contributed by atoms with Crippen molar-refractivity contribution >= 4 is 10.9 Å². The third-order valence-electron chi connectivity index (χ3n) is 2.51. The number of hydrogen-bond acceptors (Lipinski definition) is 2. The molecule has 0 saturated heterocycles. The maximum absolute atomic E-state index is 4.23. The summed E-state index contributed by atoms with van der Waals surface area (Å²) in [5, 5.41) is 1.13. The zero-order valence-electron chi connectivity index (χ0n) is 8.78. The van der Waals surface area contributed by atoms with Crippen molar-refractivity contribution in [3.05, 3.63) is 35.8 Å². The van der Waals surface area contributed by atoms with Crippen LogP contribution in [0.1, 0.15) is 30.9 Å². The first-order chi connectivity index (χ1) is 6.68. The lowest BCUT2D eigenvalue weighted by atomic mass is 9.96. The van der Waals surface area contributed by atoms with E-state index in [-0.39, 0.29) is 0 Å². The fourth-order valence-electron chi connectivity index (χ4n) is 1.77. The Morgan fingerprint density at radius 2 is 2.00 bits per heavy atom. The van der Waals surface area contributed by atoms with Gasteiger partial charge in [-0.05, 0) is 36.1 Å². The van der Waals surface area contributed by atoms with E-state index >= 15 is 0 Å². The van der Waals surface area contributed by atoms with Gasteiger partial charge in [0, 0.05) is 11.6 Å². The number of hydrogen-bond donors (Lipinski definition) is 0. The highest BCUT2D eigenvalue weighted by atomic mass is 14.8. The summed E-state index contributed by atoms with van der Waals surface area (Å²) >= 11 is 0. The van der Waals surface area contributed by atoms with Crippen molar-refractivity contribution in [1.82, 2.24) is 9.97 Å². The normalized spacial score (nSPS) is 11.1. The highest BCUT2D eigenvalue weighted by Crippen LogP contribution is 2.23. The summed E-state index contributed by atoms with van der Waals surface area (Å²) in [6, 6.07) is 4.32. The average molecular weight is 186 g/mol. The molecule has 1 aromatic carbocycles. The van der Waals surface area contributed by atoms with Crippen molar-refractivity contribution in [2.24, 2.45) is 0 Å². The minimum absolute atomic E-state index is 0.555. The molecule has 72 valence electrons. The lowest BCUT2D eigenvalue weighted by Gasteiger charge is -2.10. The Morgan fingerprint density at radius 1 is 1.21 bits per heavy atom. The van der Waals surface area contributed by atoms with E-state index in [0.29, 0.717) is 5.92 Å². The number of aromatic nitrogens is 2. The Balaban J connectivity index is 2.71. The van der Waals surface area contributed by atoms with Crippen molar-refractivity contribution in [1.29, 1.82) is 0 Å². The number of benzene rings is 1. The van der Waals surface area contributed by atoms with Crippen LogP contribution >= 0.6 is 0 Å². The fourth-order valence-corrected chi connectivity index (χ4v) is 1.77. The lowest BCUT2D eigenvalue weighted by molar-refractivity contribution is 0.858. The van der Waals surface area contributed by atoms with Crippen LogP contribution in [-0.4, -0.2) is 9.97 Å². The highest BCUT2D eigenvalue weighted by Gasteiger charge is 2.05. The molecule has 0 aliphatic carbocycles. The van der Waals surface area contributed by atoms with Gasteiger partial charge < -0.3 is 0 Å². The molecule has 0 spiro atoms. The van der Waals surface area contributed by atoms with E-state index < -0.39 is 0 Å². The Kier molecular flexibility index (Phi) is 2.20. The molecule has 0 bridgehead atoms. The maximum Gasteiger partial charge on any atom is 0.116 e. The van der Waals surface area contributed by atoms with Crippen LogP contribution in [0.5, 0.6) is 0 Å². The zero-order valence-corrected chi connectivity index (χ0v) is 8.78. The van der Waals surface area contributed by atoms with Crippen molar-refractivity contribution in [3.8, 4) is 0 Å². The number of aryl methyl sites for hydroxylation is 1. The predicted molar refractivity (Wildman–Crippen MR) is 58.4 cm³/mol. The molecule has 2 aromatic rings. The molecule has 0 aliphatic rings. The molecule has 2 heteroatoms. The van der Waals surface area contributed by atoms with Gasteiger partial charge in [0.05, 0.1) is 5.52 Å². The Morgan fingerprint density at radius 3 is 2.71 bits per heavy atom. The van der Waals surface area contributed by atoms with Crippen LogP contribution in [0.3, 0.4) is 0 Å². The topological polar surface area (TPSA) is 25.8 Å². The molecule has 2 nitrogen and oxygen atoms in total. The molecule has 0 radical (unpaired) electrons. The lowest BCUT2D eigenvalue weighted by Crippen LogP contribution is -1.93. The minimum Gasteiger partial charge on any atom is -0.244 e. The Bertz CT molecular complexity index is 461. The van der Waals surface area contributed by atoms with Gasteiger partial charge >= 0.3 is 0 Å². The third kappa shape index (κ3) is 1.48. The van der Waals surface area contributed by atoms with Gasteiger partial charge in [-0.1, -0.05) is 13.8 Å². The number of fused-ring (bicyclic) bond motifs is 1. The van der Waals surface area contributed by atoms with Gasteiger partial charge in [0.2, 0.25) is 0 Å². The average Bonchev–Trinajstić information content (AvgIpc) is 2.16. The SMILES string of the molecule is Cc1cc2ncncc2cc1C(C)C. The van der Waals surface area contributed by atoms with Crippen LogP contribution in [-0.2, 0) is 0 Å². The molecule has 2 rings (SSSR count). The molecule has 0 atom stereocenters. The largest absolute Gasteiger partial charge is 0.244 e. The summed E-state index contributed by atoms with van der Waals surface area (Å²) in [6.07, 6.45) is 3.46. The summed E-state index contributed by atoms with van der Waals surface area (Å²) in [4.78, 5) is 8.26. The molecule has 0 fully saturated rings. The van der Waals surface area contributed by atoms with E-state index in [0.717, 1.165) is 10.9 Å². The first-order valence-electron chi connectivity index (χ1n) is 4.88. The van der Waals surface area contributed by atoms with Crippen LogP contribution in [0.25, 0.3) is 10.9 Å². The predicted octanol–water partition coefficient (Wildman–Crippen LogP) is 3.06. The van der Waals surface area contributed by atoms with Gasteiger partial charge in [-0.15, -0.1) is 0 Å². The van der Waals surface area contributed by atoms with Crippen LogP contribution in [0, 0.1) is 6.92 Å². The van der Waals surface area contributed by atoms with Gasteiger partial charge in [0.1, 0.15) is 6.33 Å². The highest BCUT2D eigenvalue weighted by molar-refractivity contribution is 5.79. The van der Waals surface area contributed by atoms with Crippen molar-refractivity contribution in [3.63, 3.8) is 0 Å². The van der Waals surface area contributed by atoms with Crippen molar-refractivity contribution in [2.45, 2.75) is 26.7 Å². The van der Waals surface area contributed by atoms with E-state index in [4.69, 9.17) is 0 Å². The van der Waals surface area contributed by atoms with Crippen LogP contribution < -0.4 is 0 Å². The molecule has 0 aliphatic heterocycles. The molecule has 0 unspecified atom stereocenters. The molecule has 1 heterocycles. The van der Waals surface area contributed by atoms with E-state index in [1.165, 1.54) is 11.1 Å². The second-order valence-electron chi connectivity index (χ2n) is 3.95. The summed E-state index contributed by atoms with van der Waals surface area (Å²) < 4.78 is 0. The summed E-state index contributed by atoms with van der Waals surface area (Å²) in [5.41, 5.74) is 3.72. The van der Waals surface area contributed by atoms with Gasteiger partial charge in [-0.25, -0.2) is 9.97 Å². The molecule has 0 amide bonds. The smallest absolute Gasteiger partial charge is 0.116 e. The second kappa shape index (κ2) is 3.37. The van der Waals surface area contributed by atoms with Crippen LogP contribution in [0.15, 0.2) is 24.7 Å². The van der Waals surface area contributed by atoms with E-state index in [9.17, 15) is 0 Å². The van der Waals surface area contributed by atoms with Gasteiger partial charge in [0.25, 0.3) is 0 Å². The first kappa shape index (κ1) is 9.13. The van der Waals surface area contributed by atoms with Crippen LogP contribution in [0.4, 0.5) is 0 Å². The molecular formula is C12H14N2. The summed E-state index contributed by atoms with van der Waals surface area (Å²) in [7, 11) is 0. The summed E-state index contributed by atoms with van der Waals surface area (Å²) in [6.45, 7) is 6.55. The maximum atomic E-state index is 4.23. The molecular weight excluding hydrogens is 172 g/mol. The van der Waals surface area contributed by atoms with E-state index in [1.54, 1.807) is 6.33 Å². The van der Waals surface area contributed by atoms with Crippen molar-refractivity contribution in [2.75, 3.05) is 0 Å². The van der Waals surface area contributed by atoms with Gasteiger partial charge in [-0.3, -0.25) is 0 Å². The summed E-state index contributed by atoms with van der Waals surface area (Å²) in [5.74, 6) is 0.555. The monoisotopic (exact) mass is 186 g/mol. The van der Waals surface area contributed by atoms with E-state index in [2.05, 4.69) is 42.9 Å². The van der Waals surface area contributed by atoms with Gasteiger partial charge in [-0.2, -0.15) is 0 Å². The standard InChI is InChI=1S/C12H14N2/c1-8(2)11-5-10-6-13-7-14-12(10)4-9(11)3/h4-8H,1-3H3. The van der Waals surface area contributed by atoms with Crippen molar-refractivity contribution < 1.29 is 0 Å². The third-order valence-corrected chi connectivity index (χ3v) is 2.51. The number of rotatable bonds is 1. The Labute approximate surface area is 84.0 Å². The molecule has 0 N–H and O–H groups in total. The number of nitrogens with zero attached hydrogens (tertiary/aromatic N) is 2. The molecule has 14 heavy (non-hydrogen) atoms. The molecule has 0 saturated carbocycles. The minimum atomic E-state index is 0.555. The fraction of sp³-hybridized carbons (Fsp3) is 0.333. The Hall–Kier alpha value is -1.44. The zero-order chi connectivity index (χ0) is 10.1. The quantitative estimate of drug-likeness (QED) is 0.684.